The van der Waals surface area contributed by atoms with Gasteiger partial charge in [-0.3, -0.25) is 9.59 Å². The predicted octanol–water partition coefficient (Wildman–Crippen LogP) is 2.74. The zero-order chi connectivity index (χ0) is 18.1. The fraction of sp³-hybridized carbons (Fsp3) is 0.600. The molecule has 0 aromatic heterocycles. The molecule has 1 saturated carbocycles. The second-order valence-corrected chi connectivity index (χ2v) is 7.64. The van der Waals surface area contributed by atoms with Crippen LogP contribution < -0.4 is 4.90 Å². The first kappa shape index (κ1) is 17.3. The van der Waals surface area contributed by atoms with Crippen molar-refractivity contribution in [3.8, 4) is 0 Å². The topological polar surface area (TPSA) is 49.9 Å². The first-order chi connectivity index (χ1) is 12.6. The minimum absolute atomic E-state index is 0.0662. The molecule has 1 atom stereocenters. The van der Waals surface area contributed by atoms with Gasteiger partial charge in [0.25, 0.3) is 0 Å². The monoisotopic (exact) mass is 360 g/mol. The highest BCUT2D eigenvalue weighted by molar-refractivity contribution is 5.88. The Bertz CT molecular complexity index is 677. The lowest BCUT2D eigenvalue weighted by Crippen LogP contribution is -2.53. The Kier molecular flexibility index (Phi) is 4.59. The van der Waals surface area contributed by atoms with Crippen molar-refractivity contribution < 1.29 is 18.7 Å². The lowest BCUT2D eigenvalue weighted by molar-refractivity contribution is -0.155. The molecule has 1 amide bonds. The number of nitrogens with zero attached hydrogens (tertiary/aromatic N) is 2. The Morgan fingerprint density at radius 2 is 1.69 bits per heavy atom. The molecular weight excluding hydrogens is 335 g/mol. The molecule has 1 spiro atoms. The maximum atomic E-state index is 13.1. The number of hydrogen-bond donors (Lipinski definition) is 0. The molecule has 1 aromatic carbocycles. The number of benzene rings is 1. The van der Waals surface area contributed by atoms with Gasteiger partial charge in [-0.25, -0.2) is 4.39 Å². The summed E-state index contributed by atoms with van der Waals surface area (Å²) in [5, 5.41) is 0. The highest BCUT2D eigenvalue weighted by Gasteiger charge is 2.53. The minimum Gasteiger partial charge on any atom is -0.458 e. The molecule has 2 heterocycles. The maximum Gasteiger partial charge on any atom is 0.307 e. The number of rotatable bonds is 2. The van der Waals surface area contributed by atoms with Gasteiger partial charge in [0.15, 0.2) is 0 Å². The van der Waals surface area contributed by atoms with E-state index in [1.54, 1.807) is 12.1 Å². The van der Waals surface area contributed by atoms with Crippen molar-refractivity contribution >= 4 is 17.6 Å². The van der Waals surface area contributed by atoms with Crippen LogP contribution in [0.2, 0.25) is 0 Å². The number of piperazine rings is 1. The van der Waals surface area contributed by atoms with Crippen LogP contribution in [0, 0.1) is 11.7 Å². The number of carbonyl (C=O) groups is 2. The minimum atomic E-state index is -0.555. The third kappa shape index (κ3) is 3.17. The van der Waals surface area contributed by atoms with Gasteiger partial charge in [0.05, 0.1) is 12.3 Å². The molecule has 4 rings (SSSR count). The van der Waals surface area contributed by atoms with Gasteiger partial charge in [0.2, 0.25) is 5.91 Å². The molecule has 2 aliphatic heterocycles. The van der Waals surface area contributed by atoms with Gasteiger partial charge in [0, 0.05) is 31.9 Å². The summed E-state index contributed by atoms with van der Waals surface area (Å²) in [6.07, 6.45) is 5.04. The van der Waals surface area contributed by atoms with Crippen LogP contribution in [0.3, 0.4) is 0 Å². The lowest BCUT2D eigenvalue weighted by Gasteiger charge is -2.41. The molecule has 1 aromatic rings. The average molecular weight is 360 g/mol. The van der Waals surface area contributed by atoms with Crippen LogP contribution in [0.4, 0.5) is 10.1 Å². The van der Waals surface area contributed by atoms with Gasteiger partial charge < -0.3 is 14.5 Å². The van der Waals surface area contributed by atoms with Crippen molar-refractivity contribution in [2.45, 2.75) is 44.1 Å². The summed E-state index contributed by atoms with van der Waals surface area (Å²) in [6.45, 7) is 2.67. The third-order valence-electron chi connectivity index (χ3n) is 6.10. The highest BCUT2D eigenvalue weighted by atomic mass is 19.1. The van der Waals surface area contributed by atoms with Crippen LogP contribution >= 0.6 is 0 Å². The van der Waals surface area contributed by atoms with Crippen molar-refractivity contribution in [2.24, 2.45) is 5.92 Å². The molecule has 1 aliphatic carbocycles. The molecule has 26 heavy (non-hydrogen) atoms. The maximum absolute atomic E-state index is 13.1. The average Bonchev–Trinajstić information content (AvgIpc) is 2.98. The van der Waals surface area contributed by atoms with E-state index in [-0.39, 0.29) is 30.0 Å². The highest BCUT2D eigenvalue weighted by Crippen LogP contribution is 2.45. The van der Waals surface area contributed by atoms with E-state index >= 15 is 0 Å². The van der Waals surface area contributed by atoms with Crippen molar-refractivity contribution in [1.29, 1.82) is 0 Å². The SMILES string of the molecule is O=C1CC(C(=O)N2CCN(c3ccc(F)cc3)CC2)C2(CCCCC2)O1. The van der Waals surface area contributed by atoms with Crippen molar-refractivity contribution in [3.63, 3.8) is 0 Å². The fourth-order valence-corrected chi connectivity index (χ4v) is 4.66. The second-order valence-electron chi connectivity index (χ2n) is 7.64. The number of halogens is 1. The summed E-state index contributed by atoms with van der Waals surface area (Å²) in [5.74, 6) is -0.731. The second kappa shape index (κ2) is 6.89. The van der Waals surface area contributed by atoms with Gasteiger partial charge >= 0.3 is 5.97 Å². The number of amides is 1. The summed E-state index contributed by atoms with van der Waals surface area (Å²) in [6, 6.07) is 6.46. The van der Waals surface area contributed by atoms with Crippen LogP contribution in [0.15, 0.2) is 24.3 Å². The summed E-state index contributed by atoms with van der Waals surface area (Å²) in [7, 11) is 0. The Morgan fingerprint density at radius 3 is 2.35 bits per heavy atom. The molecule has 0 bridgehead atoms. The summed E-state index contributed by atoms with van der Waals surface area (Å²) < 4.78 is 18.8. The summed E-state index contributed by atoms with van der Waals surface area (Å²) in [5.41, 5.74) is 0.419. The van der Waals surface area contributed by atoms with E-state index in [1.165, 1.54) is 12.1 Å². The van der Waals surface area contributed by atoms with Crippen LogP contribution in [0.1, 0.15) is 38.5 Å². The van der Waals surface area contributed by atoms with E-state index in [1.807, 2.05) is 4.90 Å². The number of carbonyl (C=O) groups excluding carboxylic acids is 2. The Morgan fingerprint density at radius 1 is 1.04 bits per heavy atom. The van der Waals surface area contributed by atoms with Crippen LogP contribution in [-0.2, 0) is 14.3 Å². The molecule has 0 radical (unpaired) electrons. The van der Waals surface area contributed by atoms with Crippen LogP contribution in [0.25, 0.3) is 0 Å². The zero-order valence-corrected chi connectivity index (χ0v) is 15.0. The summed E-state index contributed by atoms with van der Waals surface area (Å²) >= 11 is 0. The van der Waals surface area contributed by atoms with E-state index in [0.717, 1.165) is 37.8 Å². The Balaban J connectivity index is 1.41. The first-order valence-electron chi connectivity index (χ1n) is 9.59. The lowest BCUT2D eigenvalue weighted by atomic mass is 9.75. The predicted molar refractivity (Wildman–Crippen MR) is 95.2 cm³/mol. The molecule has 2 saturated heterocycles. The van der Waals surface area contributed by atoms with Gasteiger partial charge in [-0.15, -0.1) is 0 Å². The van der Waals surface area contributed by atoms with Gasteiger partial charge in [-0.2, -0.15) is 0 Å². The molecule has 140 valence electrons. The molecular formula is C20H25FN2O3. The third-order valence-corrected chi connectivity index (χ3v) is 6.10. The van der Waals surface area contributed by atoms with Gasteiger partial charge in [0.1, 0.15) is 11.4 Å². The molecule has 5 nitrogen and oxygen atoms in total. The quantitative estimate of drug-likeness (QED) is 0.761. The first-order valence-corrected chi connectivity index (χ1v) is 9.59. The van der Waals surface area contributed by atoms with E-state index in [0.29, 0.717) is 26.2 Å². The van der Waals surface area contributed by atoms with E-state index in [4.69, 9.17) is 4.74 Å². The van der Waals surface area contributed by atoms with E-state index in [9.17, 15) is 14.0 Å². The Hall–Kier alpha value is -2.11. The van der Waals surface area contributed by atoms with Crippen molar-refractivity contribution in [2.75, 3.05) is 31.1 Å². The standard InChI is InChI=1S/C20H25FN2O3/c21-15-4-6-16(7-5-15)22-10-12-23(13-11-22)19(25)17-14-18(24)26-20(17)8-2-1-3-9-20/h4-7,17H,1-3,8-14H2. The van der Waals surface area contributed by atoms with Crippen molar-refractivity contribution in [3.05, 3.63) is 30.1 Å². The zero-order valence-electron chi connectivity index (χ0n) is 15.0. The normalized spacial score (nSPS) is 25.4. The van der Waals surface area contributed by atoms with Crippen LogP contribution in [-0.4, -0.2) is 48.6 Å². The molecule has 3 aliphatic rings. The summed E-state index contributed by atoms with van der Waals surface area (Å²) in [4.78, 5) is 29.1. The number of ether oxygens (including phenoxy) is 1. The van der Waals surface area contributed by atoms with Crippen LogP contribution in [0.5, 0.6) is 0 Å². The molecule has 3 fully saturated rings. The largest absolute Gasteiger partial charge is 0.458 e. The molecule has 6 heteroatoms. The number of hydrogen-bond acceptors (Lipinski definition) is 4. The van der Waals surface area contributed by atoms with E-state index < -0.39 is 5.60 Å². The van der Waals surface area contributed by atoms with Gasteiger partial charge in [-0.1, -0.05) is 6.42 Å². The van der Waals surface area contributed by atoms with Gasteiger partial charge in [-0.05, 0) is 49.9 Å². The molecule has 1 unspecified atom stereocenters. The smallest absolute Gasteiger partial charge is 0.307 e. The number of esters is 1. The van der Waals surface area contributed by atoms with Crippen molar-refractivity contribution in [1.82, 2.24) is 4.90 Å². The van der Waals surface area contributed by atoms with E-state index in [2.05, 4.69) is 4.90 Å². The molecule has 0 N–H and O–H groups in total. The Labute approximate surface area is 153 Å². The number of anilines is 1. The fourth-order valence-electron chi connectivity index (χ4n) is 4.66.